The van der Waals surface area contributed by atoms with Gasteiger partial charge in [0.1, 0.15) is 6.54 Å². The number of nitrogens with zero attached hydrogens (tertiary/aromatic N) is 3. The highest BCUT2D eigenvalue weighted by atomic mass is 35.5. The van der Waals surface area contributed by atoms with E-state index in [0.717, 1.165) is 18.5 Å². The van der Waals surface area contributed by atoms with Crippen molar-refractivity contribution in [3.8, 4) is 0 Å². The number of anilines is 1. The van der Waals surface area contributed by atoms with E-state index in [0.29, 0.717) is 23.8 Å². The summed E-state index contributed by atoms with van der Waals surface area (Å²) in [6.07, 6.45) is 3.47. The number of halogens is 1. The second-order valence-corrected chi connectivity index (χ2v) is 6.49. The molecule has 25 heavy (non-hydrogen) atoms. The maximum Gasteiger partial charge on any atom is 0.325 e. The molecule has 0 aliphatic carbocycles. The fourth-order valence-electron chi connectivity index (χ4n) is 2.96. The minimum absolute atomic E-state index is 0.111. The smallest absolute Gasteiger partial charge is 0.325 e. The lowest BCUT2D eigenvalue weighted by atomic mass is 9.95. The Hall–Kier alpha value is -2.54. The largest absolute Gasteiger partial charge is 0.480 e. The number of carbonyl (C=O) groups is 2. The van der Waals surface area contributed by atoms with Gasteiger partial charge in [0.2, 0.25) is 0 Å². The Balaban J connectivity index is 1.62. The summed E-state index contributed by atoms with van der Waals surface area (Å²) in [5.41, 5.74) is 1.52. The molecule has 0 radical (unpaired) electrons. The maximum atomic E-state index is 12.5. The van der Waals surface area contributed by atoms with Crippen LogP contribution in [0, 0.1) is 0 Å². The SMILES string of the molecule is O=C(O)Cn1ccc([C@H]2CCCN(C(=O)Nc3ccc(Cl)cc3)C2)n1. The number of amides is 2. The fourth-order valence-corrected chi connectivity index (χ4v) is 3.09. The minimum atomic E-state index is -0.928. The van der Waals surface area contributed by atoms with Crippen LogP contribution >= 0.6 is 11.6 Å². The number of carboxylic acids is 1. The van der Waals surface area contributed by atoms with Crippen molar-refractivity contribution in [2.24, 2.45) is 0 Å². The fraction of sp³-hybridized carbons (Fsp3) is 0.353. The third kappa shape index (κ3) is 4.51. The highest BCUT2D eigenvalue weighted by molar-refractivity contribution is 6.30. The van der Waals surface area contributed by atoms with Crippen LogP contribution in [0.15, 0.2) is 36.5 Å². The molecule has 1 atom stereocenters. The van der Waals surface area contributed by atoms with Gasteiger partial charge in [0.15, 0.2) is 0 Å². The standard InChI is InChI=1S/C17H19ClN4O3/c18-13-3-5-14(6-4-13)19-17(25)21-8-1-2-12(10-21)15-7-9-22(20-15)11-16(23)24/h3-7,9,12H,1-2,8,10-11H2,(H,19,25)(H,23,24)/t12-/m0/s1. The van der Waals surface area contributed by atoms with Gasteiger partial charge in [-0.3, -0.25) is 9.48 Å². The second-order valence-electron chi connectivity index (χ2n) is 6.05. The van der Waals surface area contributed by atoms with E-state index in [-0.39, 0.29) is 18.5 Å². The van der Waals surface area contributed by atoms with Crippen LogP contribution in [0.4, 0.5) is 10.5 Å². The highest BCUT2D eigenvalue weighted by Gasteiger charge is 2.26. The number of aromatic nitrogens is 2. The Morgan fingerprint density at radius 2 is 2.04 bits per heavy atom. The number of likely N-dealkylation sites (tertiary alicyclic amines) is 1. The number of hydrogen-bond donors (Lipinski definition) is 2. The van der Waals surface area contributed by atoms with E-state index in [4.69, 9.17) is 16.7 Å². The molecule has 2 amide bonds. The molecule has 1 aliphatic rings. The molecule has 0 bridgehead atoms. The molecular formula is C17H19ClN4O3. The van der Waals surface area contributed by atoms with Crippen LogP contribution < -0.4 is 5.32 Å². The molecule has 7 nitrogen and oxygen atoms in total. The Bertz CT molecular complexity index is 760. The summed E-state index contributed by atoms with van der Waals surface area (Å²) in [6.45, 7) is 1.09. The molecule has 8 heteroatoms. The molecule has 2 N–H and O–H groups in total. The van der Waals surface area contributed by atoms with Gasteiger partial charge < -0.3 is 15.3 Å². The third-order valence-electron chi connectivity index (χ3n) is 4.18. The summed E-state index contributed by atoms with van der Waals surface area (Å²) < 4.78 is 1.41. The van der Waals surface area contributed by atoms with E-state index in [1.165, 1.54) is 4.68 Å². The molecule has 2 heterocycles. The zero-order valence-corrected chi connectivity index (χ0v) is 14.3. The predicted molar refractivity (Wildman–Crippen MR) is 93.9 cm³/mol. The molecule has 3 rings (SSSR count). The van der Waals surface area contributed by atoms with E-state index in [9.17, 15) is 9.59 Å². The zero-order chi connectivity index (χ0) is 17.8. The monoisotopic (exact) mass is 362 g/mol. The summed E-state index contributed by atoms with van der Waals surface area (Å²) >= 11 is 5.85. The summed E-state index contributed by atoms with van der Waals surface area (Å²) in [5, 5.41) is 16.6. The van der Waals surface area contributed by atoms with Crippen molar-refractivity contribution >= 4 is 29.3 Å². The van der Waals surface area contributed by atoms with E-state index in [2.05, 4.69) is 10.4 Å². The van der Waals surface area contributed by atoms with Crippen LogP contribution in [0.5, 0.6) is 0 Å². The Labute approximate surface area is 150 Å². The van der Waals surface area contributed by atoms with Crippen molar-refractivity contribution in [3.63, 3.8) is 0 Å². The van der Waals surface area contributed by atoms with Crippen molar-refractivity contribution < 1.29 is 14.7 Å². The maximum absolute atomic E-state index is 12.5. The Kier molecular flexibility index (Phi) is 5.23. The lowest BCUT2D eigenvalue weighted by Crippen LogP contribution is -2.41. The number of urea groups is 1. The molecule has 1 aromatic carbocycles. The molecule has 0 spiro atoms. The van der Waals surface area contributed by atoms with E-state index < -0.39 is 5.97 Å². The van der Waals surface area contributed by atoms with E-state index in [1.54, 1.807) is 35.4 Å². The molecule has 1 saturated heterocycles. The Morgan fingerprint density at radius 3 is 2.76 bits per heavy atom. The number of nitrogens with one attached hydrogen (secondary N) is 1. The van der Waals surface area contributed by atoms with Crippen LogP contribution in [-0.2, 0) is 11.3 Å². The van der Waals surface area contributed by atoms with Gasteiger partial charge in [-0.2, -0.15) is 5.10 Å². The molecule has 0 saturated carbocycles. The number of hydrogen-bond acceptors (Lipinski definition) is 3. The molecule has 1 aromatic heterocycles. The van der Waals surface area contributed by atoms with Crippen LogP contribution in [-0.4, -0.2) is 44.9 Å². The first-order chi connectivity index (χ1) is 12.0. The van der Waals surface area contributed by atoms with Crippen molar-refractivity contribution in [1.29, 1.82) is 0 Å². The predicted octanol–water partition coefficient (Wildman–Crippen LogP) is 3.03. The van der Waals surface area contributed by atoms with Gasteiger partial charge in [0.25, 0.3) is 0 Å². The van der Waals surface area contributed by atoms with Gasteiger partial charge in [0, 0.05) is 35.9 Å². The van der Waals surface area contributed by atoms with Crippen molar-refractivity contribution in [2.45, 2.75) is 25.3 Å². The number of carboxylic acid groups (broad SMARTS) is 1. The molecule has 1 fully saturated rings. The number of piperidine rings is 1. The molecule has 1 aliphatic heterocycles. The van der Waals surface area contributed by atoms with Crippen LogP contribution in [0.1, 0.15) is 24.5 Å². The van der Waals surface area contributed by atoms with Crippen LogP contribution in [0.3, 0.4) is 0 Å². The minimum Gasteiger partial charge on any atom is -0.480 e. The van der Waals surface area contributed by atoms with E-state index in [1.807, 2.05) is 6.07 Å². The van der Waals surface area contributed by atoms with Gasteiger partial charge >= 0.3 is 12.0 Å². The van der Waals surface area contributed by atoms with Crippen molar-refractivity contribution in [3.05, 3.63) is 47.2 Å². The number of aliphatic carboxylic acids is 1. The van der Waals surface area contributed by atoms with Crippen LogP contribution in [0.2, 0.25) is 5.02 Å². The molecular weight excluding hydrogens is 344 g/mol. The first-order valence-corrected chi connectivity index (χ1v) is 8.45. The topological polar surface area (TPSA) is 87.5 Å². The van der Waals surface area contributed by atoms with Crippen LogP contribution in [0.25, 0.3) is 0 Å². The molecule has 0 unspecified atom stereocenters. The summed E-state index contributed by atoms with van der Waals surface area (Å²) in [6, 6.07) is 8.65. The average molecular weight is 363 g/mol. The molecule has 2 aromatic rings. The summed E-state index contributed by atoms with van der Waals surface area (Å²) in [5.74, 6) is -0.818. The lowest BCUT2D eigenvalue weighted by Gasteiger charge is -2.32. The quantitative estimate of drug-likeness (QED) is 0.875. The van der Waals surface area contributed by atoms with Gasteiger partial charge in [-0.1, -0.05) is 11.6 Å². The van der Waals surface area contributed by atoms with Crippen molar-refractivity contribution in [1.82, 2.24) is 14.7 Å². The normalized spacial score (nSPS) is 17.3. The van der Waals surface area contributed by atoms with Crippen molar-refractivity contribution in [2.75, 3.05) is 18.4 Å². The number of benzene rings is 1. The zero-order valence-electron chi connectivity index (χ0n) is 13.6. The third-order valence-corrected chi connectivity index (χ3v) is 4.43. The lowest BCUT2D eigenvalue weighted by molar-refractivity contribution is -0.137. The summed E-state index contributed by atoms with van der Waals surface area (Å²) in [4.78, 5) is 25.0. The summed E-state index contributed by atoms with van der Waals surface area (Å²) in [7, 11) is 0. The first kappa shape index (κ1) is 17.3. The van der Waals surface area contributed by atoms with Gasteiger partial charge in [-0.05, 0) is 43.2 Å². The first-order valence-electron chi connectivity index (χ1n) is 8.08. The highest BCUT2D eigenvalue weighted by Crippen LogP contribution is 2.26. The molecule has 132 valence electrons. The number of rotatable bonds is 4. The Morgan fingerprint density at radius 1 is 1.28 bits per heavy atom. The number of carbonyl (C=O) groups excluding carboxylic acids is 1. The van der Waals surface area contributed by atoms with Gasteiger partial charge in [0.05, 0.1) is 5.69 Å². The second kappa shape index (κ2) is 7.57. The van der Waals surface area contributed by atoms with E-state index >= 15 is 0 Å². The average Bonchev–Trinajstić information content (AvgIpc) is 3.05. The van der Waals surface area contributed by atoms with Gasteiger partial charge in [-0.15, -0.1) is 0 Å². The van der Waals surface area contributed by atoms with Gasteiger partial charge in [-0.25, -0.2) is 4.79 Å².